The molecule has 0 aromatic carbocycles. The Kier molecular flexibility index (Phi) is 4.07. The summed E-state index contributed by atoms with van der Waals surface area (Å²) in [5, 5.41) is 4.40. The Labute approximate surface area is 92.5 Å². The molecule has 0 atom stereocenters. The molecule has 0 bridgehead atoms. The molecule has 0 saturated heterocycles. The molecule has 1 N–H and O–H groups in total. The van der Waals surface area contributed by atoms with Crippen LogP contribution in [0.1, 0.15) is 29.1 Å². The van der Waals surface area contributed by atoms with Gasteiger partial charge in [-0.15, -0.1) is 11.3 Å². The van der Waals surface area contributed by atoms with Crippen LogP contribution in [0.5, 0.6) is 0 Å². The van der Waals surface area contributed by atoms with Crippen molar-refractivity contribution in [2.24, 2.45) is 0 Å². The van der Waals surface area contributed by atoms with Gasteiger partial charge in [-0.3, -0.25) is 9.59 Å². The Morgan fingerprint density at radius 1 is 1.47 bits per heavy atom. The summed E-state index contributed by atoms with van der Waals surface area (Å²) in [7, 11) is 0. The topological polar surface area (TPSA) is 46.2 Å². The fourth-order valence-corrected chi connectivity index (χ4v) is 1.64. The Bertz CT molecular complexity index is 437. The fourth-order valence-electron chi connectivity index (χ4n) is 0.901. The number of carbonyl (C=O) groups is 2. The summed E-state index contributed by atoms with van der Waals surface area (Å²) in [5.41, 5.74) is 0.815. The summed E-state index contributed by atoms with van der Waals surface area (Å²) >= 11 is 1.38. The first-order chi connectivity index (χ1) is 7.09. The van der Waals surface area contributed by atoms with Gasteiger partial charge < -0.3 is 5.32 Å². The van der Waals surface area contributed by atoms with E-state index in [4.69, 9.17) is 0 Å². The first-order valence-corrected chi connectivity index (χ1v) is 5.30. The van der Waals surface area contributed by atoms with Gasteiger partial charge in [0.05, 0.1) is 11.4 Å². The van der Waals surface area contributed by atoms with E-state index >= 15 is 0 Å². The van der Waals surface area contributed by atoms with Gasteiger partial charge in [0.1, 0.15) is 0 Å². The number of rotatable bonds is 2. The maximum Gasteiger partial charge on any atom is 0.217 e. The van der Waals surface area contributed by atoms with Crippen LogP contribution in [-0.2, 0) is 4.79 Å². The summed E-state index contributed by atoms with van der Waals surface area (Å²) in [6, 6.07) is 1.76. The minimum absolute atomic E-state index is 0.0508. The van der Waals surface area contributed by atoms with Crippen LogP contribution in [0.2, 0.25) is 0 Å². The van der Waals surface area contributed by atoms with E-state index in [1.54, 1.807) is 6.07 Å². The summed E-state index contributed by atoms with van der Waals surface area (Å²) < 4.78 is 0. The Morgan fingerprint density at radius 3 is 2.73 bits per heavy atom. The van der Waals surface area contributed by atoms with E-state index in [0.717, 1.165) is 5.56 Å². The molecule has 0 aliphatic heterocycles. The molecule has 3 nitrogen and oxygen atoms in total. The number of thiophene rings is 1. The second-order valence-electron chi connectivity index (χ2n) is 2.97. The molecule has 1 rings (SSSR count). The molecule has 0 aliphatic carbocycles. The number of amides is 1. The zero-order valence-corrected chi connectivity index (χ0v) is 9.40. The highest BCUT2D eigenvalue weighted by Gasteiger charge is 2.01. The van der Waals surface area contributed by atoms with Crippen LogP contribution < -0.4 is 5.32 Å². The van der Waals surface area contributed by atoms with Crippen LogP contribution in [0, 0.1) is 11.8 Å². The second kappa shape index (κ2) is 5.32. The van der Waals surface area contributed by atoms with Gasteiger partial charge in [-0.05, 0) is 13.0 Å². The van der Waals surface area contributed by atoms with E-state index in [0.29, 0.717) is 11.4 Å². The third-order valence-electron chi connectivity index (χ3n) is 1.60. The van der Waals surface area contributed by atoms with Crippen molar-refractivity contribution in [3.63, 3.8) is 0 Å². The maximum atomic E-state index is 11.0. The highest BCUT2D eigenvalue weighted by molar-refractivity contribution is 7.12. The number of nitrogens with one attached hydrogen (secondary N) is 1. The molecule has 0 aliphatic rings. The van der Waals surface area contributed by atoms with Crippen molar-refractivity contribution in [1.82, 2.24) is 5.32 Å². The lowest BCUT2D eigenvalue weighted by atomic mass is 10.3. The quantitative estimate of drug-likeness (QED) is 0.606. The Hall–Kier alpha value is -1.60. The second-order valence-corrected chi connectivity index (χ2v) is 3.88. The van der Waals surface area contributed by atoms with E-state index in [2.05, 4.69) is 17.2 Å². The molecule has 0 unspecified atom stereocenters. The third-order valence-corrected chi connectivity index (χ3v) is 2.64. The van der Waals surface area contributed by atoms with E-state index in [9.17, 15) is 9.59 Å². The Balaban J connectivity index is 2.56. The molecule has 0 spiro atoms. The number of hydrogen-bond acceptors (Lipinski definition) is 3. The first kappa shape index (κ1) is 11.5. The van der Waals surface area contributed by atoms with Crippen molar-refractivity contribution in [2.45, 2.75) is 13.8 Å². The zero-order valence-electron chi connectivity index (χ0n) is 8.59. The van der Waals surface area contributed by atoms with Crippen molar-refractivity contribution in [1.29, 1.82) is 0 Å². The monoisotopic (exact) mass is 221 g/mol. The number of ketones is 1. The average Bonchev–Trinajstić information content (AvgIpc) is 2.60. The van der Waals surface area contributed by atoms with Crippen LogP contribution in [0.3, 0.4) is 0 Å². The normalized spacial score (nSPS) is 8.93. The summed E-state index contributed by atoms with van der Waals surface area (Å²) in [6.45, 7) is 3.31. The fraction of sp³-hybridized carbons (Fsp3) is 0.273. The van der Waals surface area contributed by atoms with Gasteiger partial charge in [0.15, 0.2) is 5.78 Å². The molecule has 15 heavy (non-hydrogen) atoms. The standard InChI is InChI=1S/C11H11NO2S/c1-8(13)11-6-10(7-15-11)4-3-5-12-9(2)14/h6-7H,5H2,1-2H3,(H,12,14). The van der Waals surface area contributed by atoms with Crippen molar-refractivity contribution >= 4 is 23.0 Å². The minimum atomic E-state index is -0.0981. The first-order valence-electron chi connectivity index (χ1n) is 4.42. The lowest BCUT2D eigenvalue weighted by Crippen LogP contribution is -2.19. The van der Waals surface area contributed by atoms with Crippen LogP contribution in [-0.4, -0.2) is 18.2 Å². The van der Waals surface area contributed by atoms with Crippen LogP contribution >= 0.6 is 11.3 Å². The molecule has 0 radical (unpaired) electrons. The van der Waals surface area contributed by atoms with Crippen LogP contribution in [0.15, 0.2) is 11.4 Å². The van der Waals surface area contributed by atoms with Gasteiger partial charge in [-0.1, -0.05) is 11.8 Å². The molecule has 78 valence electrons. The van der Waals surface area contributed by atoms with E-state index < -0.39 is 0 Å². The van der Waals surface area contributed by atoms with E-state index in [1.807, 2.05) is 5.38 Å². The summed E-state index contributed by atoms with van der Waals surface area (Å²) in [6.07, 6.45) is 0. The highest BCUT2D eigenvalue weighted by atomic mass is 32.1. The van der Waals surface area contributed by atoms with E-state index in [-0.39, 0.29) is 11.7 Å². The summed E-state index contributed by atoms with van der Waals surface area (Å²) in [4.78, 5) is 22.2. The SMILES string of the molecule is CC(=O)NCC#Cc1csc(C(C)=O)c1. The molecular formula is C11H11NO2S. The maximum absolute atomic E-state index is 11.0. The number of carbonyl (C=O) groups excluding carboxylic acids is 2. The lowest BCUT2D eigenvalue weighted by molar-refractivity contribution is -0.118. The molecule has 1 heterocycles. The molecular weight excluding hydrogens is 210 g/mol. The van der Waals surface area contributed by atoms with Crippen LogP contribution in [0.4, 0.5) is 0 Å². The average molecular weight is 221 g/mol. The third kappa shape index (κ3) is 3.96. The van der Waals surface area contributed by atoms with Gasteiger partial charge in [0.25, 0.3) is 0 Å². The van der Waals surface area contributed by atoms with Gasteiger partial charge in [-0.25, -0.2) is 0 Å². The highest BCUT2D eigenvalue weighted by Crippen LogP contribution is 2.13. The van der Waals surface area contributed by atoms with Crippen LogP contribution in [0.25, 0.3) is 0 Å². The molecule has 1 aromatic rings. The molecule has 1 amide bonds. The van der Waals surface area contributed by atoms with Crippen molar-refractivity contribution in [3.8, 4) is 11.8 Å². The van der Waals surface area contributed by atoms with Crippen molar-refractivity contribution in [2.75, 3.05) is 6.54 Å². The molecule has 4 heteroatoms. The summed E-state index contributed by atoms with van der Waals surface area (Å²) in [5.74, 6) is 5.62. The minimum Gasteiger partial charge on any atom is -0.345 e. The predicted octanol–water partition coefficient (Wildman–Crippen LogP) is 1.44. The largest absolute Gasteiger partial charge is 0.345 e. The molecule has 0 fully saturated rings. The molecule has 0 saturated carbocycles. The van der Waals surface area contributed by atoms with Gasteiger partial charge in [0.2, 0.25) is 5.91 Å². The van der Waals surface area contributed by atoms with Gasteiger partial charge in [0, 0.05) is 17.9 Å². The van der Waals surface area contributed by atoms with Crippen molar-refractivity contribution in [3.05, 3.63) is 21.9 Å². The van der Waals surface area contributed by atoms with E-state index in [1.165, 1.54) is 25.2 Å². The zero-order chi connectivity index (χ0) is 11.3. The smallest absolute Gasteiger partial charge is 0.217 e. The predicted molar refractivity (Wildman–Crippen MR) is 59.9 cm³/mol. The van der Waals surface area contributed by atoms with Crippen molar-refractivity contribution < 1.29 is 9.59 Å². The lowest BCUT2D eigenvalue weighted by Gasteiger charge is -1.90. The van der Waals surface area contributed by atoms with Gasteiger partial charge in [-0.2, -0.15) is 0 Å². The molecule has 1 aromatic heterocycles. The van der Waals surface area contributed by atoms with Gasteiger partial charge >= 0.3 is 0 Å². The Morgan fingerprint density at radius 2 is 2.20 bits per heavy atom. The number of Topliss-reactive ketones (excluding diaryl/α,β-unsaturated/α-hetero) is 1. The number of hydrogen-bond donors (Lipinski definition) is 1.